The van der Waals surface area contributed by atoms with Gasteiger partial charge in [0.2, 0.25) is 5.91 Å². The summed E-state index contributed by atoms with van der Waals surface area (Å²) in [7, 11) is 0. The molecule has 1 aliphatic heterocycles. The minimum atomic E-state index is 0.128. The summed E-state index contributed by atoms with van der Waals surface area (Å²) in [6.45, 7) is 5.10. The Morgan fingerprint density at radius 2 is 2.38 bits per heavy atom. The van der Waals surface area contributed by atoms with Gasteiger partial charge < -0.3 is 15.0 Å². The quantitative estimate of drug-likeness (QED) is 0.808. The monoisotopic (exact) mass is 346 g/mol. The Labute approximate surface area is 147 Å². The average Bonchev–Trinajstić information content (AvgIpc) is 2.97. The van der Waals surface area contributed by atoms with Gasteiger partial charge in [0, 0.05) is 24.7 Å². The molecule has 3 heterocycles. The van der Waals surface area contributed by atoms with E-state index in [1.807, 2.05) is 16.7 Å². The third kappa shape index (κ3) is 4.98. The molecule has 2 aromatic heterocycles. The number of carbonyl (C=O) groups is 1. The summed E-state index contributed by atoms with van der Waals surface area (Å²) in [6.07, 6.45) is 7.74. The van der Waals surface area contributed by atoms with Crippen molar-refractivity contribution in [3.05, 3.63) is 35.8 Å². The molecule has 2 N–H and O–H groups in total. The number of hydrogen-bond acceptors (Lipinski definition) is 4. The Balaban J connectivity index is 1.35. The fourth-order valence-electron chi connectivity index (χ4n) is 3.11. The van der Waals surface area contributed by atoms with E-state index < -0.39 is 0 Å². The molecule has 0 saturated carbocycles. The number of nitrogens with one attached hydrogen (secondary N) is 2. The topological polar surface area (TPSA) is 58.4 Å². The molecular weight excluding hydrogens is 320 g/mol. The number of pyridine rings is 1. The molecule has 1 amide bonds. The number of carbonyl (C=O) groups excluding carboxylic acids is 1. The Kier molecular flexibility index (Phi) is 6.15. The highest BCUT2D eigenvalue weighted by Crippen LogP contribution is 2.14. The van der Waals surface area contributed by atoms with E-state index in [0.29, 0.717) is 11.7 Å². The zero-order chi connectivity index (χ0) is 16.8. The fraction of sp³-hybridized carbons (Fsp3) is 0.556. The van der Waals surface area contributed by atoms with Gasteiger partial charge in [0.1, 0.15) is 5.65 Å². The zero-order valence-electron chi connectivity index (χ0n) is 14.3. The molecule has 24 heavy (non-hydrogen) atoms. The number of hydrogen-bond donors (Lipinski definition) is 2. The Morgan fingerprint density at radius 1 is 1.46 bits per heavy atom. The van der Waals surface area contributed by atoms with E-state index in [2.05, 4.69) is 34.8 Å². The first-order valence-corrected chi connectivity index (χ1v) is 9.85. The van der Waals surface area contributed by atoms with Crippen molar-refractivity contribution in [1.82, 2.24) is 20.0 Å². The number of nitrogens with zero attached hydrogens (tertiary/aromatic N) is 2. The maximum atomic E-state index is 11.9. The summed E-state index contributed by atoms with van der Waals surface area (Å²) >= 11 is 1.62. The second-order valence-corrected chi connectivity index (χ2v) is 7.53. The number of piperidine rings is 1. The Bertz CT molecular complexity index is 679. The summed E-state index contributed by atoms with van der Waals surface area (Å²) in [4.78, 5) is 16.5. The van der Waals surface area contributed by atoms with Gasteiger partial charge in [0.15, 0.2) is 0 Å². The van der Waals surface area contributed by atoms with Gasteiger partial charge in [-0.1, -0.05) is 6.07 Å². The summed E-state index contributed by atoms with van der Waals surface area (Å²) < 4.78 is 2.05. The number of fused-ring (bicyclic) bond motifs is 1. The Morgan fingerprint density at radius 3 is 3.21 bits per heavy atom. The highest BCUT2D eigenvalue weighted by Gasteiger charge is 2.12. The predicted molar refractivity (Wildman–Crippen MR) is 99.3 cm³/mol. The van der Waals surface area contributed by atoms with Gasteiger partial charge in [-0.3, -0.25) is 4.79 Å². The Hall–Kier alpha value is -1.53. The van der Waals surface area contributed by atoms with Crippen LogP contribution in [0.4, 0.5) is 0 Å². The number of aromatic nitrogens is 2. The van der Waals surface area contributed by atoms with Crippen molar-refractivity contribution in [2.24, 2.45) is 5.92 Å². The van der Waals surface area contributed by atoms with Crippen molar-refractivity contribution in [3.8, 4) is 0 Å². The van der Waals surface area contributed by atoms with Crippen molar-refractivity contribution in [2.45, 2.75) is 31.9 Å². The second kappa shape index (κ2) is 8.53. The van der Waals surface area contributed by atoms with Crippen LogP contribution in [0.3, 0.4) is 0 Å². The van der Waals surface area contributed by atoms with Crippen molar-refractivity contribution >= 4 is 23.3 Å². The van der Waals surface area contributed by atoms with Gasteiger partial charge in [-0.05, 0) is 56.8 Å². The van der Waals surface area contributed by atoms with Crippen LogP contribution in [0, 0.1) is 12.8 Å². The van der Waals surface area contributed by atoms with Crippen LogP contribution in [0.15, 0.2) is 24.5 Å². The molecule has 6 heteroatoms. The smallest absolute Gasteiger partial charge is 0.230 e. The summed E-state index contributed by atoms with van der Waals surface area (Å²) in [5.74, 6) is 2.10. The second-order valence-electron chi connectivity index (χ2n) is 6.55. The molecule has 0 radical (unpaired) electrons. The molecule has 2 aromatic rings. The van der Waals surface area contributed by atoms with E-state index in [4.69, 9.17) is 0 Å². The zero-order valence-corrected chi connectivity index (χ0v) is 15.1. The average molecular weight is 347 g/mol. The van der Waals surface area contributed by atoms with E-state index in [1.165, 1.54) is 18.4 Å². The van der Waals surface area contributed by atoms with E-state index in [-0.39, 0.29) is 5.91 Å². The highest BCUT2D eigenvalue weighted by molar-refractivity contribution is 7.99. The van der Waals surface area contributed by atoms with Crippen LogP contribution in [-0.2, 0) is 10.5 Å². The highest BCUT2D eigenvalue weighted by atomic mass is 32.2. The first-order valence-electron chi connectivity index (χ1n) is 8.70. The molecule has 1 saturated heterocycles. The number of amides is 1. The number of rotatable bonds is 7. The van der Waals surface area contributed by atoms with Gasteiger partial charge in [0.05, 0.1) is 11.4 Å². The third-order valence-electron chi connectivity index (χ3n) is 4.41. The summed E-state index contributed by atoms with van der Waals surface area (Å²) in [5, 5.41) is 6.45. The lowest BCUT2D eigenvalue weighted by Gasteiger charge is -2.22. The van der Waals surface area contributed by atoms with E-state index in [1.54, 1.807) is 11.8 Å². The normalized spacial score (nSPS) is 18.0. The van der Waals surface area contributed by atoms with E-state index in [9.17, 15) is 4.79 Å². The predicted octanol–water partition coefficient (Wildman–Crippen LogP) is 2.38. The molecule has 3 rings (SSSR count). The minimum Gasteiger partial charge on any atom is -0.355 e. The van der Waals surface area contributed by atoms with Crippen LogP contribution < -0.4 is 10.6 Å². The molecule has 0 aliphatic carbocycles. The van der Waals surface area contributed by atoms with Crippen LogP contribution in [0.1, 0.15) is 30.5 Å². The maximum Gasteiger partial charge on any atom is 0.230 e. The van der Waals surface area contributed by atoms with Crippen molar-refractivity contribution < 1.29 is 4.79 Å². The van der Waals surface area contributed by atoms with E-state index in [0.717, 1.165) is 43.1 Å². The van der Waals surface area contributed by atoms with Gasteiger partial charge in [0.25, 0.3) is 0 Å². The third-order valence-corrected chi connectivity index (χ3v) is 5.37. The van der Waals surface area contributed by atoms with Gasteiger partial charge in [-0.2, -0.15) is 0 Å². The number of imidazole rings is 1. The molecule has 5 nitrogen and oxygen atoms in total. The molecule has 1 unspecified atom stereocenters. The van der Waals surface area contributed by atoms with Crippen molar-refractivity contribution in [1.29, 1.82) is 0 Å². The minimum absolute atomic E-state index is 0.128. The van der Waals surface area contributed by atoms with Crippen LogP contribution >= 0.6 is 11.8 Å². The van der Waals surface area contributed by atoms with Crippen molar-refractivity contribution in [2.75, 3.05) is 25.4 Å². The number of thioether (sulfide) groups is 1. The van der Waals surface area contributed by atoms with E-state index >= 15 is 0 Å². The molecule has 1 atom stereocenters. The van der Waals surface area contributed by atoms with Gasteiger partial charge in [-0.15, -0.1) is 11.8 Å². The maximum absolute atomic E-state index is 11.9. The van der Waals surface area contributed by atoms with Gasteiger partial charge in [-0.25, -0.2) is 4.98 Å². The molecule has 1 aliphatic rings. The lowest BCUT2D eigenvalue weighted by molar-refractivity contribution is -0.118. The largest absolute Gasteiger partial charge is 0.355 e. The number of aryl methyl sites for hydroxylation is 1. The summed E-state index contributed by atoms with van der Waals surface area (Å²) in [5.41, 5.74) is 3.19. The first kappa shape index (κ1) is 17.3. The molecule has 0 aromatic carbocycles. The van der Waals surface area contributed by atoms with Crippen LogP contribution in [0.5, 0.6) is 0 Å². The van der Waals surface area contributed by atoms with Gasteiger partial charge >= 0.3 is 0 Å². The summed E-state index contributed by atoms with van der Waals surface area (Å²) in [6, 6.07) is 4.09. The van der Waals surface area contributed by atoms with Crippen LogP contribution in [-0.4, -0.2) is 40.7 Å². The first-order chi connectivity index (χ1) is 11.7. The molecular formula is C18H26N4OS. The molecule has 0 spiro atoms. The standard InChI is InChI=1S/C18H26N4OS/c1-14-4-5-17-21-16(11-22(17)10-14)12-24-13-18(23)20-8-6-15-3-2-7-19-9-15/h4-5,10-11,15,19H,2-3,6-9,12-13H2,1H3,(H,20,23). The fourth-order valence-corrected chi connectivity index (χ4v) is 3.85. The van der Waals surface area contributed by atoms with Crippen molar-refractivity contribution in [3.63, 3.8) is 0 Å². The molecule has 0 bridgehead atoms. The molecule has 1 fully saturated rings. The lowest BCUT2D eigenvalue weighted by atomic mass is 9.96. The van der Waals surface area contributed by atoms with Crippen LogP contribution in [0.2, 0.25) is 0 Å². The molecule has 130 valence electrons. The lowest BCUT2D eigenvalue weighted by Crippen LogP contribution is -2.33. The van der Waals surface area contributed by atoms with Crippen LogP contribution in [0.25, 0.3) is 5.65 Å². The SMILES string of the molecule is Cc1ccc2nc(CSCC(=O)NCCC3CCCNC3)cn2c1.